The van der Waals surface area contributed by atoms with Crippen molar-refractivity contribution in [3.63, 3.8) is 0 Å². The quantitative estimate of drug-likeness (QED) is 0.690. The Hall–Kier alpha value is -1.64. The Morgan fingerprint density at radius 2 is 1.63 bits per heavy atom. The lowest BCUT2D eigenvalue weighted by atomic mass is 10.1. The number of hydrogen-bond acceptors (Lipinski definition) is 5. The van der Waals surface area contributed by atoms with E-state index in [1.165, 1.54) is 22.5 Å². The lowest BCUT2D eigenvalue weighted by Gasteiger charge is -2.26. The smallest absolute Gasteiger partial charge is 0.338 e. The van der Waals surface area contributed by atoms with Crippen LogP contribution in [0.1, 0.15) is 42.5 Å². The van der Waals surface area contributed by atoms with Crippen molar-refractivity contribution in [3.8, 4) is 0 Å². The Kier molecular flexibility index (Phi) is 6.39. The van der Waals surface area contributed by atoms with Crippen molar-refractivity contribution in [2.45, 2.75) is 37.0 Å². The van der Waals surface area contributed by atoms with E-state index < -0.39 is 16.0 Å². The van der Waals surface area contributed by atoms with Crippen LogP contribution in [0.5, 0.6) is 0 Å². The number of halogens is 1. The minimum absolute atomic E-state index is 0.0582. The fourth-order valence-electron chi connectivity index (χ4n) is 3.34. The number of likely N-dealkylation sites (tertiary alicyclic amines) is 1. The summed E-state index contributed by atoms with van der Waals surface area (Å²) in [6.45, 7) is 1.89. The monoisotopic (exact) mass is 414 g/mol. The molecule has 9 heteroatoms. The summed E-state index contributed by atoms with van der Waals surface area (Å²) < 4.78 is 31.9. The van der Waals surface area contributed by atoms with Gasteiger partial charge in [0.15, 0.2) is 6.61 Å². The molecule has 0 aliphatic carbocycles. The van der Waals surface area contributed by atoms with Crippen molar-refractivity contribution < 1.29 is 22.7 Å². The fourth-order valence-corrected chi connectivity index (χ4v) is 5.36. The number of ether oxygens (including phenoxy) is 1. The highest BCUT2D eigenvalue weighted by Crippen LogP contribution is 2.28. The number of benzene rings is 1. The van der Waals surface area contributed by atoms with Crippen LogP contribution in [0.2, 0.25) is 5.02 Å². The molecule has 2 fully saturated rings. The van der Waals surface area contributed by atoms with Crippen LogP contribution in [0.15, 0.2) is 23.1 Å². The average molecular weight is 415 g/mol. The maximum absolute atomic E-state index is 12.7. The first-order valence-electron chi connectivity index (χ1n) is 9.14. The number of nitrogens with zero attached hydrogens (tertiary/aromatic N) is 2. The largest absolute Gasteiger partial charge is 0.452 e. The first-order valence-corrected chi connectivity index (χ1v) is 11.0. The van der Waals surface area contributed by atoms with E-state index in [0.717, 1.165) is 32.1 Å². The molecular weight excluding hydrogens is 392 g/mol. The molecule has 2 heterocycles. The fraction of sp³-hybridized carbons (Fsp3) is 0.556. The summed E-state index contributed by atoms with van der Waals surface area (Å²) in [7, 11) is -3.76. The molecule has 0 bridgehead atoms. The second-order valence-electron chi connectivity index (χ2n) is 6.77. The van der Waals surface area contributed by atoms with E-state index in [4.69, 9.17) is 16.3 Å². The molecule has 7 nitrogen and oxygen atoms in total. The highest BCUT2D eigenvalue weighted by atomic mass is 35.5. The average Bonchev–Trinajstić information content (AvgIpc) is 3.22. The zero-order valence-electron chi connectivity index (χ0n) is 15.0. The van der Waals surface area contributed by atoms with E-state index in [2.05, 4.69) is 0 Å². The van der Waals surface area contributed by atoms with Gasteiger partial charge in [-0.3, -0.25) is 4.79 Å². The van der Waals surface area contributed by atoms with E-state index in [9.17, 15) is 18.0 Å². The Morgan fingerprint density at radius 3 is 2.30 bits per heavy atom. The van der Waals surface area contributed by atoms with Gasteiger partial charge in [0.05, 0.1) is 10.6 Å². The van der Waals surface area contributed by atoms with Crippen LogP contribution >= 0.6 is 11.6 Å². The lowest BCUT2D eigenvalue weighted by Crippen LogP contribution is -2.38. The second-order valence-corrected chi connectivity index (χ2v) is 9.09. The molecule has 2 aliphatic rings. The van der Waals surface area contributed by atoms with Gasteiger partial charge in [-0.2, -0.15) is 4.31 Å². The van der Waals surface area contributed by atoms with Crippen LogP contribution in [0, 0.1) is 0 Å². The molecule has 0 atom stereocenters. The highest BCUT2D eigenvalue weighted by Gasteiger charge is 2.30. The Labute approximate surface area is 164 Å². The Balaban J connectivity index is 1.69. The van der Waals surface area contributed by atoms with E-state index in [1.54, 1.807) is 4.90 Å². The van der Waals surface area contributed by atoms with E-state index >= 15 is 0 Å². The molecule has 0 radical (unpaired) electrons. The minimum atomic E-state index is -3.76. The number of hydrogen-bond donors (Lipinski definition) is 0. The third-order valence-corrected chi connectivity index (χ3v) is 7.27. The predicted octanol–water partition coefficient (Wildman–Crippen LogP) is 2.29. The van der Waals surface area contributed by atoms with Crippen LogP contribution in [0.25, 0.3) is 0 Å². The van der Waals surface area contributed by atoms with Crippen molar-refractivity contribution in [1.82, 2.24) is 9.21 Å². The lowest BCUT2D eigenvalue weighted by molar-refractivity contribution is -0.135. The summed E-state index contributed by atoms with van der Waals surface area (Å²) in [5.41, 5.74) is 0.0589. The van der Waals surface area contributed by atoms with Gasteiger partial charge < -0.3 is 9.64 Å². The number of carbonyl (C=O) groups excluding carboxylic acids is 2. The van der Waals surface area contributed by atoms with Crippen molar-refractivity contribution in [3.05, 3.63) is 28.8 Å². The predicted molar refractivity (Wildman–Crippen MR) is 100 cm³/mol. The van der Waals surface area contributed by atoms with Crippen molar-refractivity contribution in [1.29, 1.82) is 0 Å². The number of piperidine rings is 1. The van der Waals surface area contributed by atoms with Gasteiger partial charge in [-0.25, -0.2) is 13.2 Å². The van der Waals surface area contributed by atoms with Crippen molar-refractivity contribution in [2.75, 3.05) is 32.8 Å². The summed E-state index contributed by atoms with van der Waals surface area (Å²) in [5.74, 6) is -0.975. The van der Waals surface area contributed by atoms with Crippen molar-refractivity contribution >= 4 is 33.5 Å². The normalized spacial score (nSPS) is 18.5. The van der Waals surface area contributed by atoms with Gasteiger partial charge in [0, 0.05) is 26.2 Å². The topological polar surface area (TPSA) is 84.0 Å². The summed E-state index contributed by atoms with van der Waals surface area (Å²) in [6, 6.07) is 4.00. The standard InChI is InChI=1S/C18H23ClN2O5S/c19-15-7-6-14(12-16(15)27(24,25)21-10-4-5-11-21)18(23)26-13-17(22)20-8-2-1-3-9-20/h6-7,12H,1-5,8-11,13H2. The molecule has 2 saturated heterocycles. The molecule has 1 aromatic carbocycles. The maximum Gasteiger partial charge on any atom is 0.338 e. The molecule has 148 valence electrons. The minimum Gasteiger partial charge on any atom is -0.452 e. The van der Waals surface area contributed by atoms with E-state index in [1.807, 2.05) is 0 Å². The second kappa shape index (κ2) is 8.58. The van der Waals surface area contributed by atoms with Crippen LogP contribution in [-0.2, 0) is 19.6 Å². The number of rotatable bonds is 5. The Morgan fingerprint density at radius 1 is 1.00 bits per heavy atom. The molecule has 1 amide bonds. The van der Waals surface area contributed by atoms with E-state index in [-0.39, 0.29) is 28.0 Å². The zero-order valence-corrected chi connectivity index (χ0v) is 16.6. The molecule has 0 unspecified atom stereocenters. The zero-order chi connectivity index (χ0) is 19.4. The highest BCUT2D eigenvalue weighted by molar-refractivity contribution is 7.89. The van der Waals surface area contributed by atoms with Gasteiger partial charge in [0.25, 0.3) is 5.91 Å². The van der Waals surface area contributed by atoms with Gasteiger partial charge >= 0.3 is 5.97 Å². The molecule has 1 aromatic rings. The number of esters is 1. The molecule has 0 saturated carbocycles. The first-order chi connectivity index (χ1) is 12.9. The summed E-state index contributed by atoms with van der Waals surface area (Å²) in [6.07, 6.45) is 4.61. The molecule has 0 aromatic heterocycles. The third kappa shape index (κ3) is 4.62. The molecule has 2 aliphatic heterocycles. The van der Waals surface area contributed by atoms with Crippen LogP contribution in [0.3, 0.4) is 0 Å². The molecule has 0 spiro atoms. The van der Waals surface area contributed by atoms with Crippen LogP contribution in [0.4, 0.5) is 0 Å². The van der Waals surface area contributed by atoms with Gasteiger partial charge in [0.1, 0.15) is 4.90 Å². The van der Waals surface area contributed by atoms with Gasteiger partial charge in [-0.05, 0) is 50.3 Å². The van der Waals surface area contributed by atoms with Gasteiger partial charge in [-0.1, -0.05) is 11.6 Å². The SMILES string of the molecule is O=C(OCC(=O)N1CCCCC1)c1ccc(Cl)c(S(=O)(=O)N2CCCC2)c1. The van der Waals surface area contributed by atoms with Gasteiger partial charge in [-0.15, -0.1) is 0 Å². The summed E-state index contributed by atoms with van der Waals surface area (Å²) in [4.78, 5) is 26.0. The van der Waals surface area contributed by atoms with E-state index in [0.29, 0.717) is 26.2 Å². The van der Waals surface area contributed by atoms with Crippen molar-refractivity contribution in [2.24, 2.45) is 0 Å². The summed E-state index contributed by atoms with van der Waals surface area (Å²) >= 11 is 6.07. The number of amides is 1. The maximum atomic E-state index is 12.7. The van der Waals surface area contributed by atoms with Gasteiger partial charge in [0.2, 0.25) is 10.0 Å². The molecule has 0 N–H and O–H groups in total. The Bertz CT molecular complexity index is 815. The molecule has 3 rings (SSSR count). The molecule has 27 heavy (non-hydrogen) atoms. The number of sulfonamides is 1. The van der Waals surface area contributed by atoms with Crippen LogP contribution < -0.4 is 0 Å². The third-order valence-electron chi connectivity index (χ3n) is 4.89. The molecular formula is C18H23ClN2O5S. The number of carbonyl (C=O) groups is 2. The summed E-state index contributed by atoms with van der Waals surface area (Å²) in [5, 5.41) is 0.0582. The first kappa shape index (κ1) is 20.1. The van der Waals surface area contributed by atoms with Crippen LogP contribution in [-0.4, -0.2) is 62.3 Å².